The van der Waals surface area contributed by atoms with E-state index in [1.807, 2.05) is 12.3 Å². The van der Waals surface area contributed by atoms with Crippen LogP contribution < -0.4 is 5.32 Å². The molecule has 0 aromatic carbocycles. The van der Waals surface area contributed by atoms with Crippen molar-refractivity contribution in [1.82, 2.24) is 15.2 Å². The van der Waals surface area contributed by atoms with E-state index < -0.39 is 0 Å². The van der Waals surface area contributed by atoms with Gasteiger partial charge in [0.15, 0.2) is 0 Å². The molecule has 1 aromatic rings. The summed E-state index contributed by atoms with van der Waals surface area (Å²) in [4.78, 5) is 7.03. The SMILES string of the molecule is CCCCN(CCc1ccccn1)CC1CCCN1. The van der Waals surface area contributed by atoms with Crippen LogP contribution in [0.3, 0.4) is 0 Å². The highest BCUT2D eigenvalue weighted by molar-refractivity contribution is 5.03. The van der Waals surface area contributed by atoms with Crippen molar-refractivity contribution < 1.29 is 0 Å². The van der Waals surface area contributed by atoms with Gasteiger partial charge in [0, 0.05) is 37.4 Å². The van der Waals surface area contributed by atoms with Crippen LogP contribution in [-0.2, 0) is 6.42 Å². The molecule has 0 saturated carbocycles. The molecule has 1 unspecified atom stereocenters. The van der Waals surface area contributed by atoms with Crippen LogP contribution in [0.15, 0.2) is 24.4 Å². The van der Waals surface area contributed by atoms with Crippen molar-refractivity contribution in [3.63, 3.8) is 0 Å². The average Bonchev–Trinajstić information content (AvgIpc) is 2.96. The Morgan fingerprint density at radius 2 is 2.32 bits per heavy atom. The monoisotopic (exact) mass is 261 g/mol. The van der Waals surface area contributed by atoms with Gasteiger partial charge in [0.05, 0.1) is 0 Å². The summed E-state index contributed by atoms with van der Waals surface area (Å²) in [5.41, 5.74) is 1.21. The predicted molar refractivity (Wildman–Crippen MR) is 80.3 cm³/mol. The first kappa shape index (κ1) is 14.5. The number of nitrogens with zero attached hydrogens (tertiary/aromatic N) is 2. The minimum absolute atomic E-state index is 0.709. The van der Waals surface area contributed by atoms with Crippen molar-refractivity contribution >= 4 is 0 Å². The number of unbranched alkanes of at least 4 members (excludes halogenated alkanes) is 1. The first-order valence-electron chi connectivity index (χ1n) is 7.74. The molecule has 2 heterocycles. The highest BCUT2D eigenvalue weighted by Gasteiger charge is 2.17. The summed E-state index contributed by atoms with van der Waals surface area (Å²) in [7, 11) is 0. The minimum Gasteiger partial charge on any atom is -0.313 e. The second kappa shape index (κ2) is 8.28. The van der Waals surface area contributed by atoms with Gasteiger partial charge in [-0.3, -0.25) is 4.98 Å². The molecule has 2 rings (SSSR count). The van der Waals surface area contributed by atoms with Gasteiger partial charge in [-0.2, -0.15) is 0 Å². The molecule has 19 heavy (non-hydrogen) atoms. The average molecular weight is 261 g/mol. The molecular weight excluding hydrogens is 234 g/mol. The third-order valence-corrected chi connectivity index (χ3v) is 3.88. The number of hydrogen-bond acceptors (Lipinski definition) is 3. The second-order valence-electron chi connectivity index (χ2n) is 5.52. The van der Waals surface area contributed by atoms with E-state index in [1.165, 1.54) is 51.0 Å². The van der Waals surface area contributed by atoms with Crippen molar-refractivity contribution in [2.75, 3.05) is 26.2 Å². The summed E-state index contributed by atoms with van der Waals surface area (Å²) in [6, 6.07) is 6.91. The van der Waals surface area contributed by atoms with Gasteiger partial charge in [-0.05, 0) is 44.5 Å². The number of aromatic nitrogens is 1. The molecule has 1 atom stereocenters. The maximum atomic E-state index is 4.42. The number of pyridine rings is 1. The molecule has 1 fully saturated rings. The standard InChI is InChI=1S/C16H27N3/c1-2-3-12-19(14-16-8-6-11-18-16)13-9-15-7-4-5-10-17-15/h4-5,7,10,16,18H,2-3,6,8-9,11-14H2,1H3. The summed E-state index contributed by atoms with van der Waals surface area (Å²) < 4.78 is 0. The van der Waals surface area contributed by atoms with E-state index in [-0.39, 0.29) is 0 Å². The molecule has 1 N–H and O–H groups in total. The Morgan fingerprint density at radius 3 is 3.00 bits per heavy atom. The van der Waals surface area contributed by atoms with Crippen molar-refractivity contribution in [1.29, 1.82) is 0 Å². The normalized spacial score (nSPS) is 19.2. The number of hydrogen-bond donors (Lipinski definition) is 1. The summed E-state index contributed by atoms with van der Waals surface area (Å²) in [6.45, 7) is 7.03. The van der Waals surface area contributed by atoms with E-state index in [0.717, 1.165) is 13.0 Å². The zero-order valence-corrected chi connectivity index (χ0v) is 12.1. The fourth-order valence-electron chi connectivity index (χ4n) is 2.72. The summed E-state index contributed by atoms with van der Waals surface area (Å²) in [5.74, 6) is 0. The first-order valence-corrected chi connectivity index (χ1v) is 7.74. The highest BCUT2D eigenvalue weighted by atomic mass is 15.1. The van der Waals surface area contributed by atoms with Gasteiger partial charge in [-0.15, -0.1) is 0 Å². The quantitative estimate of drug-likeness (QED) is 0.779. The lowest BCUT2D eigenvalue weighted by Crippen LogP contribution is -2.39. The second-order valence-corrected chi connectivity index (χ2v) is 5.52. The van der Waals surface area contributed by atoms with Gasteiger partial charge in [-0.1, -0.05) is 19.4 Å². The van der Waals surface area contributed by atoms with E-state index in [1.54, 1.807) is 0 Å². The number of rotatable bonds is 8. The third-order valence-electron chi connectivity index (χ3n) is 3.88. The smallest absolute Gasteiger partial charge is 0.0416 e. The molecule has 0 spiro atoms. The molecule has 3 heteroatoms. The van der Waals surface area contributed by atoms with Crippen molar-refractivity contribution in [3.8, 4) is 0 Å². The van der Waals surface area contributed by atoms with Crippen LogP contribution in [0.2, 0.25) is 0 Å². The number of nitrogens with one attached hydrogen (secondary N) is 1. The summed E-state index contributed by atoms with van der Waals surface area (Å²) in [5, 5.41) is 3.60. The predicted octanol–water partition coefficient (Wildman–Crippen LogP) is 2.48. The van der Waals surface area contributed by atoms with Crippen molar-refractivity contribution in [2.45, 2.75) is 45.1 Å². The molecule has 106 valence electrons. The summed E-state index contributed by atoms with van der Waals surface area (Å²) in [6.07, 6.45) is 8.22. The van der Waals surface area contributed by atoms with Crippen LogP contribution >= 0.6 is 0 Å². The van der Waals surface area contributed by atoms with Crippen LogP contribution in [0.5, 0.6) is 0 Å². The minimum atomic E-state index is 0.709. The Labute approximate surface area is 117 Å². The molecule has 0 amide bonds. The molecule has 1 aliphatic heterocycles. The van der Waals surface area contributed by atoms with Crippen LogP contribution in [-0.4, -0.2) is 42.1 Å². The maximum Gasteiger partial charge on any atom is 0.0416 e. The van der Waals surface area contributed by atoms with Crippen LogP contribution in [0.25, 0.3) is 0 Å². The van der Waals surface area contributed by atoms with Gasteiger partial charge < -0.3 is 10.2 Å². The largest absolute Gasteiger partial charge is 0.313 e. The van der Waals surface area contributed by atoms with Crippen LogP contribution in [0.4, 0.5) is 0 Å². The molecule has 0 aliphatic carbocycles. The van der Waals surface area contributed by atoms with Crippen molar-refractivity contribution in [3.05, 3.63) is 30.1 Å². The van der Waals surface area contributed by atoms with E-state index in [4.69, 9.17) is 0 Å². The lowest BCUT2D eigenvalue weighted by atomic mass is 10.2. The summed E-state index contributed by atoms with van der Waals surface area (Å²) >= 11 is 0. The van der Waals surface area contributed by atoms with Gasteiger partial charge in [0.1, 0.15) is 0 Å². The Morgan fingerprint density at radius 1 is 1.37 bits per heavy atom. The first-order chi connectivity index (χ1) is 9.38. The topological polar surface area (TPSA) is 28.2 Å². The molecular formula is C16H27N3. The zero-order chi connectivity index (χ0) is 13.3. The maximum absolute atomic E-state index is 4.42. The van der Waals surface area contributed by atoms with Gasteiger partial charge >= 0.3 is 0 Å². The molecule has 1 aliphatic rings. The molecule has 3 nitrogen and oxygen atoms in total. The molecule has 0 bridgehead atoms. The van der Waals surface area contributed by atoms with Crippen LogP contribution in [0.1, 0.15) is 38.3 Å². The highest BCUT2D eigenvalue weighted by Crippen LogP contribution is 2.08. The van der Waals surface area contributed by atoms with E-state index >= 15 is 0 Å². The van der Waals surface area contributed by atoms with E-state index in [0.29, 0.717) is 6.04 Å². The Hall–Kier alpha value is -0.930. The third kappa shape index (κ3) is 5.29. The van der Waals surface area contributed by atoms with Gasteiger partial charge in [0.2, 0.25) is 0 Å². The van der Waals surface area contributed by atoms with Crippen molar-refractivity contribution in [2.24, 2.45) is 0 Å². The fraction of sp³-hybridized carbons (Fsp3) is 0.688. The van der Waals surface area contributed by atoms with E-state index in [9.17, 15) is 0 Å². The molecule has 0 radical (unpaired) electrons. The lowest BCUT2D eigenvalue weighted by Gasteiger charge is -2.25. The molecule has 1 aromatic heterocycles. The molecule has 1 saturated heterocycles. The van der Waals surface area contributed by atoms with E-state index in [2.05, 4.69) is 34.3 Å². The Bertz CT molecular complexity index is 333. The Kier molecular flexibility index (Phi) is 6.31. The Balaban J connectivity index is 1.78. The van der Waals surface area contributed by atoms with Gasteiger partial charge in [-0.25, -0.2) is 0 Å². The lowest BCUT2D eigenvalue weighted by molar-refractivity contribution is 0.247. The zero-order valence-electron chi connectivity index (χ0n) is 12.1. The van der Waals surface area contributed by atoms with Crippen LogP contribution in [0, 0.1) is 0 Å². The fourth-order valence-corrected chi connectivity index (χ4v) is 2.72. The van der Waals surface area contributed by atoms with Gasteiger partial charge in [0.25, 0.3) is 0 Å².